The minimum Gasteiger partial charge on any atom is -0.339 e. The molecule has 5 nitrogen and oxygen atoms in total. The summed E-state index contributed by atoms with van der Waals surface area (Å²) in [7, 11) is 0. The molecule has 1 amide bonds. The Hall–Kier alpha value is -1.89. The fourth-order valence-corrected chi connectivity index (χ4v) is 3.82. The van der Waals surface area contributed by atoms with Gasteiger partial charge in [0.05, 0.1) is 10.0 Å². The molecule has 0 N–H and O–H groups in total. The molecule has 0 spiro atoms. The molecule has 1 aliphatic rings. The minimum atomic E-state index is -0.0434. The van der Waals surface area contributed by atoms with Gasteiger partial charge in [-0.15, -0.1) is 0 Å². The first-order valence-corrected chi connectivity index (χ1v) is 10.4. The molecule has 2 aromatic carbocycles. The van der Waals surface area contributed by atoms with Gasteiger partial charge in [-0.05, 0) is 55.3 Å². The maximum atomic E-state index is 12.7. The second-order valence-electron chi connectivity index (χ2n) is 6.66. The van der Waals surface area contributed by atoms with Crippen LogP contribution in [-0.4, -0.2) is 34.0 Å². The van der Waals surface area contributed by atoms with E-state index in [1.165, 1.54) is 0 Å². The molecule has 8 heteroatoms. The molecule has 0 unspecified atom stereocenters. The van der Waals surface area contributed by atoms with Crippen molar-refractivity contribution < 1.29 is 9.32 Å². The number of amides is 1. The third-order valence-corrected chi connectivity index (χ3v) is 6.11. The van der Waals surface area contributed by atoms with E-state index in [-0.39, 0.29) is 11.8 Å². The number of rotatable bonds is 3. The van der Waals surface area contributed by atoms with E-state index >= 15 is 0 Å². The number of nitrogens with zero attached hydrogens (tertiary/aromatic N) is 3. The van der Waals surface area contributed by atoms with Crippen molar-refractivity contribution in [2.45, 2.75) is 18.8 Å². The molecule has 144 valence electrons. The molecule has 0 radical (unpaired) electrons. The first kappa shape index (κ1) is 19.4. The minimum absolute atomic E-state index is 0.0434. The lowest BCUT2D eigenvalue weighted by Crippen LogP contribution is -2.38. The highest BCUT2D eigenvalue weighted by molar-refractivity contribution is 9.10. The smallest absolute Gasteiger partial charge is 0.253 e. The first-order valence-electron chi connectivity index (χ1n) is 8.85. The van der Waals surface area contributed by atoms with Gasteiger partial charge in [0, 0.05) is 34.6 Å². The highest BCUT2D eigenvalue weighted by Crippen LogP contribution is 2.30. The van der Waals surface area contributed by atoms with Gasteiger partial charge >= 0.3 is 0 Å². The predicted molar refractivity (Wildman–Crippen MR) is 112 cm³/mol. The summed E-state index contributed by atoms with van der Waals surface area (Å²) < 4.78 is 6.49. The lowest BCUT2D eigenvalue weighted by molar-refractivity contribution is 0.0704. The maximum absolute atomic E-state index is 12.7. The molecule has 0 bridgehead atoms. The van der Waals surface area contributed by atoms with E-state index in [0.29, 0.717) is 40.4 Å². The molecule has 1 fully saturated rings. The highest BCUT2D eigenvalue weighted by Gasteiger charge is 2.28. The van der Waals surface area contributed by atoms with Gasteiger partial charge in [-0.3, -0.25) is 4.79 Å². The molecule has 0 saturated carbocycles. The zero-order valence-electron chi connectivity index (χ0n) is 14.7. The summed E-state index contributed by atoms with van der Waals surface area (Å²) in [5.41, 5.74) is 1.45. The van der Waals surface area contributed by atoms with Crippen LogP contribution in [0, 0.1) is 0 Å². The Balaban J connectivity index is 1.41. The maximum Gasteiger partial charge on any atom is 0.253 e. The first-order chi connectivity index (χ1) is 13.5. The van der Waals surface area contributed by atoms with Crippen LogP contribution in [0.25, 0.3) is 11.4 Å². The van der Waals surface area contributed by atoms with Crippen molar-refractivity contribution in [3.05, 3.63) is 68.4 Å². The summed E-state index contributed by atoms with van der Waals surface area (Å²) in [5, 5.41) is 4.92. The highest BCUT2D eigenvalue weighted by atomic mass is 79.9. The van der Waals surface area contributed by atoms with Crippen LogP contribution in [0.1, 0.15) is 35.0 Å². The van der Waals surface area contributed by atoms with Gasteiger partial charge in [-0.2, -0.15) is 4.98 Å². The second kappa shape index (κ2) is 8.23. The van der Waals surface area contributed by atoms with Crippen molar-refractivity contribution in [1.82, 2.24) is 15.0 Å². The molecule has 3 aromatic rings. The van der Waals surface area contributed by atoms with Crippen LogP contribution in [0.5, 0.6) is 0 Å². The van der Waals surface area contributed by atoms with Crippen LogP contribution in [-0.2, 0) is 0 Å². The lowest BCUT2D eigenvalue weighted by atomic mass is 9.96. The monoisotopic (exact) mass is 479 g/mol. The van der Waals surface area contributed by atoms with E-state index in [0.717, 1.165) is 22.9 Å². The van der Waals surface area contributed by atoms with Gasteiger partial charge in [0.1, 0.15) is 0 Å². The largest absolute Gasteiger partial charge is 0.339 e. The fraction of sp³-hybridized carbons (Fsp3) is 0.250. The van der Waals surface area contributed by atoms with Gasteiger partial charge in [0.25, 0.3) is 5.91 Å². The number of carbonyl (C=O) groups is 1. The van der Waals surface area contributed by atoms with Crippen LogP contribution in [0.15, 0.2) is 51.5 Å². The van der Waals surface area contributed by atoms with Crippen molar-refractivity contribution in [2.24, 2.45) is 0 Å². The Bertz CT molecular complexity index is 999. The number of likely N-dealkylation sites (tertiary alicyclic amines) is 1. The summed E-state index contributed by atoms with van der Waals surface area (Å²) in [6.45, 7) is 1.25. The van der Waals surface area contributed by atoms with Crippen molar-refractivity contribution in [2.75, 3.05) is 13.1 Å². The lowest BCUT2D eigenvalue weighted by Gasteiger charge is -2.30. The number of aromatic nitrogens is 2. The summed E-state index contributed by atoms with van der Waals surface area (Å²) in [6.07, 6.45) is 1.55. The quantitative estimate of drug-likeness (QED) is 0.473. The molecule has 2 heterocycles. The van der Waals surface area contributed by atoms with Crippen LogP contribution in [0.4, 0.5) is 0 Å². The number of hydrogen-bond acceptors (Lipinski definition) is 4. The Labute approximate surface area is 180 Å². The number of piperidine rings is 1. The molecule has 1 saturated heterocycles. The van der Waals surface area contributed by atoms with Crippen molar-refractivity contribution in [1.29, 1.82) is 0 Å². The SMILES string of the molecule is O=C(c1ccc(Cl)c(Cl)c1)N1CCC(c2nc(-c3ccc(Br)cc3)no2)CC1. The molecular formula is C20H16BrCl2N3O2. The van der Waals surface area contributed by atoms with E-state index in [1.54, 1.807) is 18.2 Å². The van der Waals surface area contributed by atoms with Crippen LogP contribution >= 0.6 is 39.1 Å². The molecule has 1 aromatic heterocycles. The van der Waals surface area contributed by atoms with Crippen LogP contribution in [0.3, 0.4) is 0 Å². The number of carbonyl (C=O) groups excluding carboxylic acids is 1. The van der Waals surface area contributed by atoms with Gasteiger partial charge in [0.15, 0.2) is 0 Å². The average molecular weight is 481 g/mol. The van der Waals surface area contributed by atoms with Gasteiger partial charge < -0.3 is 9.42 Å². The third-order valence-electron chi connectivity index (χ3n) is 4.84. The fourth-order valence-electron chi connectivity index (χ4n) is 3.26. The average Bonchev–Trinajstić information content (AvgIpc) is 3.20. The predicted octanol–water partition coefficient (Wildman–Crippen LogP) is 5.83. The number of halogens is 3. The van der Waals surface area contributed by atoms with Crippen LogP contribution < -0.4 is 0 Å². The van der Waals surface area contributed by atoms with E-state index in [2.05, 4.69) is 26.1 Å². The molecular weight excluding hydrogens is 465 g/mol. The summed E-state index contributed by atoms with van der Waals surface area (Å²) in [4.78, 5) is 19.1. The van der Waals surface area contributed by atoms with E-state index in [9.17, 15) is 4.79 Å². The Morgan fingerprint density at radius 1 is 1.07 bits per heavy atom. The third kappa shape index (κ3) is 4.09. The van der Waals surface area contributed by atoms with Crippen LogP contribution in [0.2, 0.25) is 10.0 Å². The van der Waals surface area contributed by atoms with Crippen molar-refractivity contribution in [3.63, 3.8) is 0 Å². The van der Waals surface area contributed by atoms with E-state index in [4.69, 9.17) is 27.7 Å². The van der Waals surface area contributed by atoms with Gasteiger partial charge in [0.2, 0.25) is 11.7 Å². The van der Waals surface area contributed by atoms with Gasteiger partial charge in [-0.25, -0.2) is 0 Å². The molecule has 0 aliphatic carbocycles. The normalized spacial score (nSPS) is 15.0. The Kier molecular flexibility index (Phi) is 5.71. The van der Waals surface area contributed by atoms with Crippen molar-refractivity contribution in [3.8, 4) is 11.4 Å². The Morgan fingerprint density at radius 2 is 1.79 bits per heavy atom. The second-order valence-corrected chi connectivity index (χ2v) is 8.39. The molecule has 1 aliphatic heterocycles. The van der Waals surface area contributed by atoms with E-state index < -0.39 is 0 Å². The number of benzene rings is 2. The summed E-state index contributed by atoms with van der Waals surface area (Å²) >= 11 is 15.4. The van der Waals surface area contributed by atoms with Crippen molar-refractivity contribution >= 4 is 45.0 Å². The summed E-state index contributed by atoms with van der Waals surface area (Å²) in [5.74, 6) is 1.31. The molecule has 0 atom stereocenters. The molecule has 28 heavy (non-hydrogen) atoms. The zero-order valence-corrected chi connectivity index (χ0v) is 17.8. The Morgan fingerprint density at radius 3 is 2.46 bits per heavy atom. The number of hydrogen-bond donors (Lipinski definition) is 0. The van der Waals surface area contributed by atoms with E-state index in [1.807, 2.05) is 29.2 Å². The molecule has 4 rings (SSSR count). The summed E-state index contributed by atoms with van der Waals surface area (Å²) in [6, 6.07) is 12.7. The zero-order chi connectivity index (χ0) is 19.7. The van der Waals surface area contributed by atoms with Gasteiger partial charge in [-0.1, -0.05) is 44.3 Å². The standard InChI is InChI=1S/C20H16BrCl2N3O2/c21-15-4-1-12(2-5-15)18-24-19(28-25-18)13-7-9-26(10-8-13)20(27)14-3-6-16(22)17(23)11-14/h1-6,11,13H,7-10H2. The topological polar surface area (TPSA) is 59.2 Å².